The lowest BCUT2D eigenvalue weighted by atomic mass is 10.2. The first kappa shape index (κ1) is 16.5. The van der Waals surface area contributed by atoms with E-state index in [-0.39, 0.29) is 27.8 Å². The minimum atomic E-state index is -3.24. The summed E-state index contributed by atoms with van der Waals surface area (Å²) in [5.74, 6) is -2.13. The molecule has 0 radical (unpaired) electrons. The first-order valence-electron chi connectivity index (χ1n) is 5.87. The molecule has 1 aromatic heterocycles. The molecule has 2 heterocycles. The number of halogens is 2. The van der Waals surface area contributed by atoms with Crippen LogP contribution in [0.25, 0.3) is 0 Å². The highest BCUT2D eigenvalue weighted by atomic mass is 35.5. The zero-order valence-corrected chi connectivity index (χ0v) is 13.7. The Kier molecular flexibility index (Phi) is 4.82. The van der Waals surface area contributed by atoms with Gasteiger partial charge in [0.15, 0.2) is 9.84 Å². The summed E-state index contributed by atoms with van der Waals surface area (Å²) in [4.78, 5) is 24.4. The maximum atomic E-state index is 12.4. The summed E-state index contributed by atoms with van der Waals surface area (Å²) in [7, 11) is -3.24. The fraction of sp³-hybridized carbons (Fsp3) is 0.455. The van der Waals surface area contributed by atoms with Gasteiger partial charge in [0.2, 0.25) is 0 Å². The van der Waals surface area contributed by atoms with E-state index in [1.165, 1.54) is 6.07 Å². The van der Waals surface area contributed by atoms with Gasteiger partial charge in [-0.1, -0.05) is 23.2 Å². The van der Waals surface area contributed by atoms with Crippen LogP contribution in [0.4, 0.5) is 0 Å². The molecule has 1 N–H and O–H groups in total. The number of hydrogen-bond acceptors (Lipinski definition) is 5. The molecule has 21 heavy (non-hydrogen) atoms. The number of aliphatic carboxylic acids is 1. The fourth-order valence-corrected chi connectivity index (χ4v) is 5.35. The molecule has 1 atom stereocenters. The number of amides is 1. The SMILES string of the molecule is O=C(O)CN(C(=O)c1cc(Cl)sc1Cl)C1CCS(=O)(=O)C1. The van der Waals surface area contributed by atoms with Crippen LogP contribution in [0.3, 0.4) is 0 Å². The molecule has 116 valence electrons. The second-order valence-corrected chi connectivity index (χ2v) is 9.14. The summed E-state index contributed by atoms with van der Waals surface area (Å²) in [5, 5.41) is 8.94. The van der Waals surface area contributed by atoms with Crippen molar-refractivity contribution >= 4 is 56.3 Å². The Morgan fingerprint density at radius 3 is 2.52 bits per heavy atom. The number of thiophene rings is 1. The van der Waals surface area contributed by atoms with Crippen LogP contribution >= 0.6 is 34.5 Å². The smallest absolute Gasteiger partial charge is 0.323 e. The molecule has 0 aromatic carbocycles. The number of carbonyl (C=O) groups excluding carboxylic acids is 1. The summed E-state index contributed by atoms with van der Waals surface area (Å²) in [5.41, 5.74) is 0.0946. The van der Waals surface area contributed by atoms with Gasteiger partial charge in [-0.05, 0) is 12.5 Å². The van der Waals surface area contributed by atoms with E-state index in [4.69, 9.17) is 28.3 Å². The Morgan fingerprint density at radius 2 is 2.10 bits per heavy atom. The van der Waals surface area contributed by atoms with Crippen molar-refractivity contribution in [2.75, 3.05) is 18.1 Å². The summed E-state index contributed by atoms with van der Waals surface area (Å²) >= 11 is 12.7. The third kappa shape index (κ3) is 3.88. The van der Waals surface area contributed by atoms with Crippen molar-refractivity contribution < 1.29 is 23.1 Å². The highest BCUT2D eigenvalue weighted by Gasteiger charge is 2.36. The van der Waals surface area contributed by atoms with E-state index >= 15 is 0 Å². The molecular formula is C11H11Cl2NO5S2. The van der Waals surface area contributed by atoms with Crippen molar-refractivity contribution in [1.82, 2.24) is 4.90 Å². The van der Waals surface area contributed by atoms with E-state index in [1.54, 1.807) is 0 Å². The molecule has 2 rings (SSSR count). The lowest BCUT2D eigenvalue weighted by molar-refractivity contribution is -0.138. The number of nitrogens with zero attached hydrogens (tertiary/aromatic N) is 1. The molecule has 1 amide bonds. The normalized spacial score (nSPS) is 20.4. The van der Waals surface area contributed by atoms with Crippen LogP contribution in [0.5, 0.6) is 0 Å². The topological polar surface area (TPSA) is 91.8 Å². The molecule has 1 aliphatic rings. The van der Waals surface area contributed by atoms with Crippen molar-refractivity contribution in [1.29, 1.82) is 0 Å². The Bertz CT molecular complexity index is 685. The third-order valence-corrected chi connectivity index (χ3v) is 6.34. The first-order valence-corrected chi connectivity index (χ1v) is 9.27. The Labute approximate surface area is 135 Å². The average molecular weight is 372 g/mol. The van der Waals surface area contributed by atoms with Crippen molar-refractivity contribution in [2.45, 2.75) is 12.5 Å². The molecule has 1 aliphatic heterocycles. The van der Waals surface area contributed by atoms with E-state index < -0.39 is 34.3 Å². The van der Waals surface area contributed by atoms with Gasteiger partial charge in [-0.2, -0.15) is 0 Å². The van der Waals surface area contributed by atoms with Crippen molar-refractivity contribution in [3.05, 3.63) is 20.3 Å². The minimum Gasteiger partial charge on any atom is -0.480 e. The zero-order valence-electron chi connectivity index (χ0n) is 10.6. The van der Waals surface area contributed by atoms with Crippen molar-refractivity contribution in [2.24, 2.45) is 0 Å². The predicted octanol–water partition coefficient (Wildman–Crippen LogP) is 1.77. The van der Waals surface area contributed by atoms with Gasteiger partial charge in [0, 0.05) is 6.04 Å². The molecule has 0 aliphatic carbocycles. The van der Waals surface area contributed by atoms with Gasteiger partial charge in [0.25, 0.3) is 5.91 Å². The maximum Gasteiger partial charge on any atom is 0.323 e. The van der Waals surface area contributed by atoms with Gasteiger partial charge in [0.05, 0.1) is 21.4 Å². The monoisotopic (exact) mass is 371 g/mol. The molecule has 10 heteroatoms. The van der Waals surface area contributed by atoms with Crippen LogP contribution in [0.1, 0.15) is 16.8 Å². The molecule has 0 bridgehead atoms. The molecular weight excluding hydrogens is 361 g/mol. The van der Waals surface area contributed by atoms with Gasteiger partial charge in [-0.3, -0.25) is 9.59 Å². The maximum absolute atomic E-state index is 12.4. The quantitative estimate of drug-likeness (QED) is 0.870. The number of carboxylic acid groups (broad SMARTS) is 1. The fourth-order valence-electron chi connectivity index (χ4n) is 2.17. The summed E-state index contributed by atoms with van der Waals surface area (Å²) in [6, 6.07) is 0.697. The van der Waals surface area contributed by atoms with Gasteiger partial charge >= 0.3 is 5.97 Å². The highest BCUT2D eigenvalue weighted by Crippen LogP contribution is 2.33. The van der Waals surface area contributed by atoms with Gasteiger partial charge in [-0.25, -0.2) is 8.42 Å². The van der Waals surface area contributed by atoms with E-state index in [0.717, 1.165) is 16.2 Å². The van der Waals surface area contributed by atoms with E-state index in [0.29, 0.717) is 4.34 Å². The number of sulfone groups is 1. The number of carboxylic acids is 1. The lowest BCUT2D eigenvalue weighted by Gasteiger charge is -2.26. The van der Waals surface area contributed by atoms with Gasteiger partial charge in [-0.15, -0.1) is 11.3 Å². The van der Waals surface area contributed by atoms with Crippen LogP contribution in [0.15, 0.2) is 6.07 Å². The lowest BCUT2D eigenvalue weighted by Crippen LogP contribution is -2.44. The van der Waals surface area contributed by atoms with Crippen molar-refractivity contribution in [3.8, 4) is 0 Å². The van der Waals surface area contributed by atoms with E-state index in [2.05, 4.69) is 0 Å². The Hall–Kier alpha value is -0.830. The van der Waals surface area contributed by atoms with Crippen LogP contribution < -0.4 is 0 Å². The standard InChI is InChI=1S/C11H11Cl2NO5S2/c12-8-3-7(10(13)20-8)11(17)14(4-9(15)16)6-1-2-21(18,19)5-6/h3,6H,1-2,4-5H2,(H,15,16). The molecule has 6 nitrogen and oxygen atoms in total. The third-order valence-electron chi connectivity index (χ3n) is 3.10. The zero-order chi connectivity index (χ0) is 15.8. The minimum absolute atomic E-state index is 0.0564. The Balaban J connectivity index is 2.30. The van der Waals surface area contributed by atoms with Crippen LogP contribution in [-0.2, 0) is 14.6 Å². The molecule has 1 fully saturated rings. The van der Waals surface area contributed by atoms with Crippen molar-refractivity contribution in [3.63, 3.8) is 0 Å². The number of rotatable bonds is 4. The second-order valence-electron chi connectivity index (χ2n) is 4.62. The molecule has 1 aromatic rings. The number of hydrogen-bond donors (Lipinski definition) is 1. The highest BCUT2D eigenvalue weighted by molar-refractivity contribution is 7.91. The van der Waals surface area contributed by atoms with E-state index in [1.807, 2.05) is 0 Å². The average Bonchev–Trinajstić information content (AvgIpc) is 2.87. The van der Waals surface area contributed by atoms with Gasteiger partial charge < -0.3 is 10.0 Å². The molecule has 0 saturated carbocycles. The van der Waals surface area contributed by atoms with Crippen LogP contribution in [0, 0.1) is 0 Å². The predicted molar refractivity (Wildman–Crippen MR) is 80.1 cm³/mol. The molecule has 1 unspecified atom stereocenters. The largest absolute Gasteiger partial charge is 0.480 e. The van der Waals surface area contributed by atoms with Crippen LogP contribution in [0.2, 0.25) is 8.67 Å². The molecule has 1 saturated heterocycles. The first-order chi connectivity index (χ1) is 9.69. The summed E-state index contributed by atoms with van der Waals surface area (Å²) < 4.78 is 23.5. The second kappa shape index (κ2) is 6.12. The van der Waals surface area contributed by atoms with Crippen LogP contribution in [-0.4, -0.2) is 54.4 Å². The van der Waals surface area contributed by atoms with E-state index in [9.17, 15) is 18.0 Å². The summed E-state index contributed by atoms with van der Waals surface area (Å²) in [6.45, 7) is -0.581. The summed E-state index contributed by atoms with van der Waals surface area (Å²) in [6.07, 6.45) is 0.219. The van der Waals surface area contributed by atoms with Gasteiger partial charge in [0.1, 0.15) is 10.9 Å². The Morgan fingerprint density at radius 1 is 1.43 bits per heavy atom. The molecule has 0 spiro atoms. The number of carbonyl (C=O) groups is 2.